The Kier molecular flexibility index (Phi) is 5.68. The average Bonchev–Trinajstić information content (AvgIpc) is 2.95. The summed E-state index contributed by atoms with van der Waals surface area (Å²) in [7, 11) is 0. The van der Waals surface area contributed by atoms with Crippen LogP contribution < -0.4 is 10.1 Å². The minimum absolute atomic E-state index is 0.204. The quantitative estimate of drug-likeness (QED) is 0.758. The highest BCUT2D eigenvalue weighted by Gasteiger charge is 2.09. The van der Waals surface area contributed by atoms with E-state index >= 15 is 0 Å². The molecule has 1 aromatic heterocycles. The summed E-state index contributed by atoms with van der Waals surface area (Å²) in [6.07, 6.45) is 1.71. The molecule has 0 aliphatic rings. The maximum atomic E-state index is 13.3. The zero-order valence-corrected chi connectivity index (χ0v) is 12.4. The molecule has 2 rings (SSSR count). The molecular formula is C15H20FN3O2. The van der Waals surface area contributed by atoms with E-state index in [9.17, 15) is 4.39 Å². The van der Waals surface area contributed by atoms with E-state index in [2.05, 4.69) is 22.4 Å². The van der Waals surface area contributed by atoms with Crippen LogP contribution in [0, 0.1) is 5.82 Å². The molecule has 0 amide bonds. The standard InChI is InChI=1S/C15H20FN3O2/c1-3-7-17-9-11-8-12(16)5-6-13(11)20-10-14-18-15(4-2)21-19-14/h5-6,8,17H,3-4,7,9-10H2,1-2H3. The lowest BCUT2D eigenvalue weighted by molar-refractivity contribution is 0.281. The van der Waals surface area contributed by atoms with Gasteiger partial charge in [-0.05, 0) is 31.2 Å². The van der Waals surface area contributed by atoms with Gasteiger partial charge in [-0.2, -0.15) is 4.98 Å². The largest absolute Gasteiger partial charge is 0.485 e. The number of nitrogens with one attached hydrogen (secondary N) is 1. The van der Waals surface area contributed by atoms with Crippen molar-refractivity contribution in [1.82, 2.24) is 15.5 Å². The van der Waals surface area contributed by atoms with Crippen molar-refractivity contribution in [2.24, 2.45) is 0 Å². The summed E-state index contributed by atoms with van der Waals surface area (Å²) in [5, 5.41) is 7.06. The first-order chi connectivity index (χ1) is 10.2. The Morgan fingerprint density at radius 3 is 2.90 bits per heavy atom. The van der Waals surface area contributed by atoms with Gasteiger partial charge in [-0.15, -0.1) is 0 Å². The van der Waals surface area contributed by atoms with Crippen molar-refractivity contribution in [3.8, 4) is 5.75 Å². The Hall–Kier alpha value is -1.95. The van der Waals surface area contributed by atoms with E-state index in [0.29, 0.717) is 30.4 Å². The topological polar surface area (TPSA) is 60.2 Å². The summed E-state index contributed by atoms with van der Waals surface area (Å²) in [6, 6.07) is 4.48. The Morgan fingerprint density at radius 1 is 1.33 bits per heavy atom. The summed E-state index contributed by atoms with van der Waals surface area (Å²) < 4.78 is 24.0. The van der Waals surface area contributed by atoms with Gasteiger partial charge in [-0.25, -0.2) is 4.39 Å². The number of benzene rings is 1. The molecule has 1 N–H and O–H groups in total. The fraction of sp³-hybridized carbons (Fsp3) is 0.467. The normalized spacial score (nSPS) is 10.8. The number of aromatic nitrogens is 2. The van der Waals surface area contributed by atoms with Gasteiger partial charge in [-0.3, -0.25) is 0 Å². The number of hydrogen-bond donors (Lipinski definition) is 1. The minimum atomic E-state index is -0.275. The third-order valence-electron chi connectivity index (χ3n) is 2.93. The maximum Gasteiger partial charge on any atom is 0.226 e. The van der Waals surface area contributed by atoms with E-state index in [1.165, 1.54) is 12.1 Å². The molecule has 0 bridgehead atoms. The molecular weight excluding hydrogens is 273 g/mol. The van der Waals surface area contributed by atoms with Crippen LogP contribution in [0.25, 0.3) is 0 Å². The fourth-order valence-electron chi connectivity index (χ4n) is 1.86. The van der Waals surface area contributed by atoms with Gasteiger partial charge in [0.25, 0.3) is 0 Å². The van der Waals surface area contributed by atoms with Gasteiger partial charge in [0, 0.05) is 18.5 Å². The predicted molar refractivity (Wildman–Crippen MR) is 76.4 cm³/mol. The molecule has 0 atom stereocenters. The third kappa shape index (κ3) is 4.53. The molecule has 0 saturated carbocycles. The molecule has 0 saturated heterocycles. The van der Waals surface area contributed by atoms with Crippen molar-refractivity contribution >= 4 is 0 Å². The second kappa shape index (κ2) is 7.73. The number of halogens is 1. The molecule has 0 aliphatic heterocycles. The lowest BCUT2D eigenvalue weighted by atomic mass is 10.2. The van der Waals surface area contributed by atoms with E-state index < -0.39 is 0 Å². The molecule has 0 spiro atoms. The van der Waals surface area contributed by atoms with Crippen LogP contribution in [0.1, 0.15) is 37.5 Å². The van der Waals surface area contributed by atoms with Crippen LogP contribution in [-0.4, -0.2) is 16.7 Å². The van der Waals surface area contributed by atoms with Crippen LogP contribution in [0.15, 0.2) is 22.7 Å². The first-order valence-corrected chi connectivity index (χ1v) is 7.16. The predicted octanol–water partition coefficient (Wildman–Crippen LogP) is 2.85. The summed E-state index contributed by atoms with van der Waals surface area (Å²) in [5.74, 6) is 1.42. The van der Waals surface area contributed by atoms with E-state index in [1.54, 1.807) is 6.07 Å². The molecule has 21 heavy (non-hydrogen) atoms. The van der Waals surface area contributed by atoms with Crippen molar-refractivity contribution < 1.29 is 13.7 Å². The van der Waals surface area contributed by atoms with Gasteiger partial charge in [-0.1, -0.05) is 19.0 Å². The maximum absolute atomic E-state index is 13.3. The third-order valence-corrected chi connectivity index (χ3v) is 2.93. The number of nitrogens with zero attached hydrogens (tertiary/aromatic N) is 2. The van der Waals surface area contributed by atoms with E-state index in [1.807, 2.05) is 6.92 Å². The summed E-state index contributed by atoms with van der Waals surface area (Å²) in [5.41, 5.74) is 0.780. The Labute approximate surface area is 123 Å². The minimum Gasteiger partial charge on any atom is -0.485 e. The monoisotopic (exact) mass is 293 g/mol. The smallest absolute Gasteiger partial charge is 0.226 e. The SMILES string of the molecule is CCCNCc1cc(F)ccc1OCc1noc(CC)n1. The summed E-state index contributed by atoms with van der Waals surface area (Å²) in [4.78, 5) is 4.17. The lowest BCUT2D eigenvalue weighted by Crippen LogP contribution is -2.15. The van der Waals surface area contributed by atoms with Crippen molar-refractivity contribution in [3.63, 3.8) is 0 Å². The van der Waals surface area contributed by atoms with Gasteiger partial charge in [0.15, 0.2) is 6.61 Å². The highest BCUT2D eigenvalue weighted by atomic mass is 19.1. The first kappa shape index (κ1) is 15.4. The fourth-order valence-corrected chi connectivity index (χ4v) is 1.86. The van der Waals surface area contributed by atoms with Gasteiger partial charge in [0.2, 0.25) is 11.7 Å². The van der Waals surface area contributed by atoms with Crippen molar-refractivity contribution in [2.75, 3.05) is 6.54 Å². The van der Waals surface area contributed by atoms with Crippen molar-refractivity contribution in [3.05, 3.63) is 41.3 Å². The second-order valence-corrected chi connectivity index (χ2v) is 4.68. The molecule has 5 nitrogen and oxygen atoms in total. The molecule has 114 valence electrons. The molecule has 1 heterocycles. The summed E-state index contributed by atoms with van der Waals surface area (Å²) >= 11 is 0. The molecule has 6 heteroatoms. The lowest BCUT2D eigenvalue weighted by Gasteiger charge is -2.11. The number of hydrogen-bond acceptors (Lipinski definition) is 5. The Balaban J connectivity index is 2.00. The molecule has 0 radical (unpaired) electrons. The number of ether oxygens (including phenoxy) is 1. The molecule has 0 aliphatic carbocycles. The van der Waals surface area contributed by atoms with Crippen LogP contribution in [-0.2, 0) is 19.6 Å². The highest BCUT2D eigenvalue weighted by Crippen LogP contribution is 2.20. The highest BCUT2D eigenvalue weighted by molar-refractivity contribution is 5.34. The van der Waals surface area contributed by atoms with Gasteiger partial charge < -0.3 is 14.6 Å². The first-order valence-electron chi connectivity index (χ1n) is 7.16. The van der Waals surface area contributed by atoms with Crippen LogP contribution in [0.2, 0.25) is 0 Å². The Morgan fingerprint density at radius 2 is 2.19 bits per heavy atom. The summed E-state index contributed by atoms with van der Waals surface area (Å²) in [6.45, 7) is 5.66. The van der Waals surface area contributed by atoms with Crippen LogP contribution in [0.5, 0.6) is 5.75 Å². The van der Waals surface area contributed by atoms with Gasteiger partial charge in [0.1, 0.15) is 11.6 Å². The molecule has 2 aromatic rings. The van der Waals surface area contributed by atoms with Crippen LogP contribution >= 0.6 is 0 Å². The van der Waals surface area contributed by atoms with Crippen molar-refractivity contribution in [2.45, 2.75) is 39.8 Å². The van der Waals surface area contributed by atoms with E-state index in [-0.39, 0.29) is 12.4 Å². The van der Waals surface area contributed by atoms with E-state index in [0.717, 1.165) is 18.5 Å². The van der Waals surface area contributed by atoms with Crippen LogP contribution in [0.3, 0.4) is 0 Å². The molecule has 1 aromatic carbocycles. The van der Waals surface area contributed by atoms with Gasteiger partial charge >= 0.3 is 0 Å². The van der Waals surface area contributed by atoms with Crippen molar-refractivity contribution in [1.29, 1.82) is 0 Å². The Bertz CT molecular complexity index is 572. The zero-order valence-electron chi connectivity index (χ0n) is 12.4. The van der Waals surface area contributed by atoms with Crippen LogP contribution in [0.4, 0.5) is 4.39 Å². The molecule has 0 unspecified atom stereocenters. The molecule has 0 fully saturated rings. The van der Waals surface area contributed by atoms with Gasteiger partial charge in [0.05, 0.1) is 0 Å². The van der Waals surface area contributed by atoms with E-state index in [4.69, 9.17) is 9.26 Å². The number of rotatable bonds is 8. The number of aryl methyl sites for hydroxylation is 1. The average molecular weight is 293 g/mol. The second-order valence-electron chi connectivity index (χ2n) is 4.68. The zero-order chi connectivity index (χ0) is 15.1.